The van der Waals surface area contributed by atoms with Crippen LogP contribution in [0.5, 0.6) is 0 Å². The third kappa shape index (κ3) is 14.8. The summed E-state index contributed by atoms with van der Waals surface area (Å²) in [6.45, 7) is 0.582. The molecule has 0 aliphatic carbocycles. The Morgan fingerprint density at radius 1 is 1.05 bits per heavy atom. The van der Waals surface area contributed by atoms with Crippen molar-refractivity contribution in [1.82, 2.24) is 0 Å². The summed E-state index contributed by atoms with van der Waals surface area (Å²) >= 11 is 5.55. The van der Waals surface area contributed by atoms with Crippen molar-refractivity contribution < 1.29 is 4.79 Å². The van der Waals surface area contributed by atoms with E-state index in [1.54, 1.807) is 6.08 Å². The Labute approximate surface area is 126 Å². The SMILES string of the molecule is [N-]=[N+]=NCCCC/C=C\CC/C=C/C(=O)CCCCCl. The molecule has 0 aliphatic rings. The minimum Gasteiger partial charge on any atom is -0.295 e. The zero-order valence-electron chi connectivity index (χ0n) is 12.0. The van der Waals surface area contributed by atoms with Crippen LogP contribution in [0.25, 0.3) is 10.4 Å². The van der Waals surface area contributed by atoms with Gasteiger partial charge in [0.15, 0.2) is 5.78 Å². The van der Waals surface area contributed by atoms with E-state index in [9.17, 15) is 4.79 Å². The minimum atomic E-state index is 0.192. The summed E-state index contributed by atoms with van der Waals surface area (Å²) in [5.74, 6) is 0.821. The maximum Gasteiger partial charge on any atom is 0.155 e. The second kappa shape index (κ2) is 15.8. The molecule has 0 rings (SSSR count). The molecular weight excluding hydrogens is 274 g/mol. The Balaban J connectivity index is 3.41. The number of halogens is 1. The van der Waals surface area contributed by atoms with Crippen LogP contribution in [-0.4, -0.2) is 18.2 Å². The Morgan fingerprint density at radius 3 is 2.55 bits per heavy atom. The minimum absolute atomic E-state index is 0.192. The number of unbranched alkanes of at least 4 members (excludes halogenated alkanes) is 4. The van der Waals surface area contributed by atoms with Crippen molar-refractivity contribution >= 4 is 17.4 Å². The van der Waals surface area contributed by atoms with Gasteiger partial charge < -0.3 is 0 Å². The number of alkyl halides is 1. The van der Waals surface area contributed by atoms with E-state index in [0.29, 0.717) is 18.8 Å². The van der Waals surface area contributed by atoms with Gasteiger partial charge in [-0.1, -0.05) is 23.3 Å². The van der Waals surface area contributed by atoms with E-state index in [2.05, 4.69) is 22.2 Å². The molecule has 0 N–H and O–H groups in total. The van der Waals surface area contributed by atoms with Crippen LogP contribution in [0.4, 0.5) is 0 Å². The Bertz CT molecular complexity index is 347. The molecule has 0 fully saturated rings. The van der Waals surface area contributed by atoms with Gasteiger partial charge in [0.05, 0.1) is 0 Å². The van der Waals surface area contributed by atoms with Gasteiger partial charge in [0.25, 0.3) is 0 Å². The summed E-state index contributed by atoms with van der Waals surface area (Å²) in [6, 6.07) is 0. The third-order valence-electron chi connectivity index (χ3n) is 2.72. The predicted octanol–water partition coefficient (Wildman–Crippen LogP) is 5.34. The van der Waals surface area contributed by atoms with Gasteiger partial charge in [-0.15, -0.1) is 11.6 Å². The van der Waals surface area contributed by atoms with Gasteiger partial charge in [-0.3, -0.25) is 4.79 Å². The second-order valence-corrected chi connectivity index (χ2v) is 4.89. The molecule has 0 atom stereocenters. The van der Waals surface area contributed by atoms with Crippen LogP contribution in [-0.2, 0) is 4.79 Å². The van der Waals surface area contributed by atoms with Crippen molar-refractivity contribution in [3.63, 3.8) is 0 Å². The van der Waals surface area contributed by atoms with E-state index in [0.717, 1.165) is 44.9 Å². The summed E-state index contributed by atoms with van der Waals surface area (Å²) in [7, 11) is 0. The predicted molar refractivity (Wildman–Crippen MR) is 85.0 cm³/mol. The number of azide groups is 1. The lowest BCUT2D eigenvalue weighted by atomic mass is 10.1. The fraction of sp³-hybridized carbons (Fsp3) is 0.667. The quantitative estimate of drug-likeness (QED) is 0.0860. The summed E-state index contributed by atoms with van der Waals surface area (Å²) < 4.78 is 0. The lowest BCUT2D eigenvalue weighted by Gasteiger charge is -1.93. The van der Waals surface area contributed by atoms with Crippen molar-refractivity contribution in [3.05, 3.63) is 34.7 Å². The molecule has 0 amide bonds. The maximum absolute atomic E-state index is 11.4. The van der Waals surface area contributed by atoms with Crippen LogP contribution in [0.1, 0.15) is 51.4 Å². The fourth-order valence-electron chi connectivity index (χ4n) is 1.61. The summed E-state index contributed by atoms with van der Waals surface area (Å²) in [4.78, 5) is 14.1. The molecule has 0 aromatic carbocycles. The van der Waals surface area contributed by atoms with E-state index in [1.807, 2.05) is 6.08 Å². The second-order valence-electron chi connectivity index (χ2n) is 4.51. The Morgan fingerprint density at radius 2 is 1.80 bits per heavy atom. The lowest BCUT2D eigenvalue weighted by Crippen LogP contribution is -1.92. The van der Waals surface area contributed by atoms with Gasteiger partial charge in [-0.05, 0) is 56.6 Å². The highest BCUT2D eigenvalue weighted by atomic mass is 35.5. The Kier molecular flexibility index (Phi) is 14.8. The summed E-state index contributed by atoms with van der Waals surface area (Å²) in [6.07, 6.45) is 15.1. The first-order chi connectivity index (χ1) is 9.81. The molecule has 0 aliphatic heterocycles. The third-order valence-corrected chi connectivity index (χ3v) is 2.99. The molecule has 0 spiro atoms. The summed E-state index contributed by atoms with van der Waals surface area (Å²) in [5, 5.41) is 3.48. The van der Waals surface area contributed by atoms with Crippen LogP contribution < -0.4 is 0 Å². The van der Waals surface area contributed by atoms with Crippen molar-refractivity contribution in [3.8, 4) is 0 Å². The van der Waals surface area contributed by atoms with E-state index in [-0.39, 0.29) is 5.78 Å². The van der Waals surface area contributed by atoms with Gasteiger partial charge in [-0.2, -0.15) is 0 Å². The average molecular weight is 298 g/mol. The highest BCUT2D eigenvalue weighted by Crippen LogP contribution is 2.02. The first-order valence-corrected chi connectivity index (χ1v) is 7.76. The number of hydrogen-bond acceptors (Lipinski definition) is 2. The number of ketones is 1. The highest BCUT2D eigenvalue weighted by Gasteiger charge is 1.95. The molecular formula is C15H24ClN3O. The maximum atomic E-state index is 11.4. The topological polar surface area (TPSA) is 65.8 Å². The molecule has 5 heteroatoms. The number of rotatable bonds is 13. The smallest absolute Gasteiger partial charge is 0.155 e. The number of carbonyl (C=O) groups is 1. The van der Waals surface area contributed by atoms with Crippen molar-refractivity contribution in [2.75, 3.05) is 12.4 Å². The van der Waals surface area contributed by atoms with Crippen molar-refractivity contribution in [2.45, 2.75) is 51.4 Å². The number of allylic oxidation sites excluding steroid dienone is 4. The monoisotopic (exact) mass is 297 g/mol. The summed E-state index contributed by atoms with van der Waals surface area (Å²) in [5.41, 5.74) is 8.10. The molecule has 4 nitrogen and oxygen atoms in total. The van der Waals surface area contributed by atoms with Crippen LogP contribution >= 0.6 is 11.6 Å². The average Bonchev–Trinajstić information content (AvgIpc) is 2.45. The zero-order valence-corrected chi connectivity index (χ0v) is 12.8. The Hall–Kier alpha value is -1.25. The fourth-order valence-corrected chi connectivity index (χ4v) is 1.80. The number of nitrogens with zero attached hydrogens (tertiary/aromatic N) is 3. The van der Waals surface area contributed by atoms with Crippen LogP contribution in [0.3, 0.4) is 0 Å². The van der Waals surface area contributed by atoms with Crippen LogP contribution in [0.2, 0.25) is 0 Å². The molecule has 20 heavy (non-hydrogen) atoms. The molecule has 0 saturated carbocycles. The van der Waals surface area contributed by atoms with Gasteiger partial charge in [0, 0.05) is 23.8 Å². The number of carbonyl (C=O) groups excluding carboxylic acids is 1. The molecule has 0 heterocycles. The molecule has 0 aromatic rings. The number of hydrogen-bond donors (Lipinski definition) is 0. The van der Waals surface area contributed by atoms with Crippen molar-refractivity contribution in [1.29, 1.82) is 0 Å². The van der Waals surface area contributed by atoms with E-state index < -0.39 is 0 Å². The zero-order chi connectivity index (χ0) is 14.9. The molecule has 0 aromatic heterocycles. The van der Waals surface area contributed by atoms with E-state index in [4.69, 9.17) is 17.1 Å². The van der Waals surface area contributed by atoms with E-state index in [1.165, 1.54) is 0 Å². The van der Waals surface area contributed by atoms with E-state index >= 15 is 0 Å². The van der Waals surface area contributed by atoms with Gasteiger partial charge >= 0.3 is 0 Å². The molecule has 0 saturated heterocycles. The molecule has 0 radical (unpaired) electrons. The normalized spacial score (nSPS) is 11.1. The molecule has 112 valence electrons. The van der Waals surface area contributed by atoms with Crippen molar-refractivity contribution in [2.24, 2.45) is 5.11 Å². The van der Waals surface area contributed by atoms with Gasteiger partial charge in [-0.25, -0.2) is 0 Å². The molecule has 0 bridgehead atoms. The standard InChI is InChI=1S/C15H24ClN3O/c16-13-9-8-12-15(20)11-7-5-3-1-2-4-6-10-14-18-19-17/h1-2,7,11H,3-6,8-10,12-14H2/b2-1-,11-7+. The van der Waals surface area contributed by atoms with Crippen LogP contribution in [0.15, 0.2) is 29.4 Å². The van der Waals surface area contributed by atoms with Gasteiger partial charge in [0.1, 0.15) is 0 Å². The highest BCUT2D eigenvalue weighted by molar-refractivity contribution is 6.17. The molecule has 0 unspecified atom stereocenters. The largest absolute Gasteiger partial charge is 0.295 e. The van der Waals surface area contributed by atoms with Crippen LogP contribution in [0, 0.1) is 0 Å². The first kappa shape index (κ1) is 18.8. The first-order valence-electron chi connectivity index (χ1n) is 7.22. The van der Waals surface area contributed by atoms with Gasteiger partial charge in [0.2, 0.25) is 0 Å². The lowest BCUT2D eigenvalue weighted by molar-refractivity contribution is -0.114.